The molecule has 0 spiro atoms. The van der Waals surface area contributed by atoms with Crippen LogP contribution in [0, 0.1) is 0 Å². The van der Waals surface area contributed by atoms with Crippen LogP contribution in [0.4, 0.5) is 0 Å². The van der Waals surface area contributed by atoms with Crippen molar-refractivity contribution in [3.05, 3.63) is 122 Å². The molecular formula is C30H20N2. The molecule has 0 bridgehead atoms. The summed E-state index contributed by atoms with van der Waals surface area (Å²) in [5.41, 5.74) is 6.74. The molecule has 6 rings (SSSR count). The van der Waals surface area contributed by atoms with Crippen molar-refractivity contribution in [2.45, 2.75) is 0 Å². The number of hydrogen-bond acceptors (Lipinski definition) is 2. The topological polar surface area (TPSA) is 25.8 Å². The van der Waals surface area contributed by atoms with E-state index in [1.54, 1.807) is 0 Å². The molecule has 0 amide bonds. The monoisotopic (exact) mass is 408 g/mol. The van der Waals surface area contributed by atoms with Crippen molar-refractivity contribution in [1.29, 1.82) is 0 Å². The minimum Gasteiger partial charge on any atom is -0.256 e. The van der Waals surface area contributed by atoms with Crippen LogP contribution >= 0.6 is 0 Å². The Labute approximate surface area is 186 Å². The highest BCUT2D eigenvalue weighted by molar-refractivity contribution is 6.11. The highest BCUT2D eigenvalue weighted by Crippen LogP contribution is 2.40. The van der Waals surface area contributed by atoms with Gasteiger partial charge in [0.25, 0.3) is 0 Å². The number of hydrogen-bond donors (Lipinski definition) is 0. The molecule has 0 atom stereocenters. The first-order chi connectivity index (χ1) is 15.9. The number of nitrogens with zero attached hydrogens (tertiary/aromatic N) is 2. The van der Waals surface area contributed by atoms with E-state index in [4.69, 9.17) is 0 Å². The summed E-state index contributed by atoms with van der Waals surface area (Å²) < 4.78 is 0. The van der Waals surface area contributed by atoms with Crippen molar-refractivity contribution >= 4 is 21.5 Å². The van der Waals surface area contributed by atoms with E-state index < -0.39 is 0 Å². The molecule has 0 N–H and O–H groups in total. The maximum Gasteiger partial charge on any atom is 0.0708 e. The molecule has 0 aliphatic carbocycles. The van der Waals surface area contributed by atoms with Crippen molar-refractivity contribution < 1.29 is 0 Å². The minimum atomic E-state index is 0.991. The fourth-order valence-electron chi connectivity index (χ4n) is 4.56. The Hall–Kier alpha value is -4.30. The van der Waals surface area contributed by atoms with Crippen molar-refractivity contribution in [1.82, 2.24) is 9.97 Å². The summed E-state index contributed by atoms with van der Waals surface area (Å²) in [4.78, 5) is 9.18. The maximum atomic E-state index is 4.59. The van der Waals surface area contributed by atoms with Crippen LogP contribution in [-0.4, -0.2) is 9.97 Å². The van der Waals surface area contributed by atoms with Gasteiger partial charge in [-0.2, -0.15) is 0 Å². The second kappa shape index (κ2) is 7.75. The highest BCUT2D eigenvalue weighted by Gasteiger charge is 2.14. The molecule has 0 saturated carbocycles. The van der Waals surface area contributed by atoms with Crippen LogP contribution in [-0.2, 0) is 0 Å². The Bertz CT molecular complexity index is 1430. The summed E-state index contributed by atoms with van der Waals surface area (Å²) in [6, 6.07) is 38.2. The molecule has 0 saturated heterocycles. The number of aromatic nitrogens is 2. The summed E-state index contributed by atoms with van der Waals surface area (Å²) in [7, 11) is 0. The fraction of sp³-hybridized carbons (Fsp3) is 0. The number of benzene rings is 4. The lowest BCUT2D eigenvalue weighted by Crippen LogP contribution is -1.90. The maximum absolute atomic E-state index is 4.59. The number of pyridine rings is 2. The zero-order valence-corrected chi connectivity index (χ0v) is 17.4. The van der Waals surface area contributed by atoms with Gasteiger partial charge in [-0.3, -0.25) is 9.97 Å². The second-order valence-corrected chi connectivity index (χ2v) is 7.84. The van der Waals surface area contributed by atoms with Gasteiger partial charge in [-0.05, 0) is 56.9 Å². The first-order valence-corrected chi connectivity index (χ1v) is 10.8. The summed E-state index contributed by atoms with van der Waals surface area (Å²) >= 11 is 0. The van der Waals surface area contributed by atoms with Crippen LogP contribution in [0.25, 0.3) is 55.2 Å². The van der Waals surface area contributed by atoms with E-state index in [-0.39, 0.29) is 0 Å². The summed E-state index contributed by atoms with van der Waals surface area (Å²) in [5, 5.41) is 4.88. The molecular weight excluding hydrogens is 388 g/mol. The van der Waals surface area contributed by atoms with E-state index in [1.807, 2.05) is 36.7 Å². The summed E-state index contributed by atoms with van der Waals surface area (Å²) in [5.74, 6) is 0. The van der Waals surface area contributed by atoms with Gasteiger partial charge in [0.15, 0.2) is 0 Å². The van der Waals surface area contributed by atoms with Gasteiger partial charge in [0.1, 0.15) is 0 Å². The van der Waals surface area contributed by atoms with E-state index in [1.165, 1.54) is 32.7 Å². The molecule has 6 aromatic rings. The molecule has 2 aromatic heterocycles. The molecule has 4 aromatic carbocycles. The third-order valence-corrected chi connectivity index (χ3v) is 6.02. The van der Waals surface area contributed by atoms with Gasteiger partial charge in [0.05, 0.1) is 11.4 Å². The molecule has 0 unspecified atom stereocenters. The zero-order valence-electron chi connectivity index (χ0n) is 17.4. The Morgan fingerprint density at radius 2 is 0.656 bits per heavy atom. The fourth-order valence-corrected chi connectivity index (χ4v) is 4.56. The van der Waals surface area contributed by atoms with E-state index in [9.17, 15) is 0 Å². The Morgan fingerprint density at radius 1 is 0.312 bits per heavy atom. The first kappa shape index (κ1) is 18.5. The second-order valence-electron chi connectivity index (χ2n) is 7.84. The SMILES string of the molecule is c1ccc(-c2ccc(-c3ccc(-c4ccccn4)c4ccccc34)c3ccccc23)nc1. The predicted octanol–water partition coefficient (Wildman–Crippen LogP) is 7.78. The molecule has 0 fully saturated rings. The number of rotatable bonds is 3. The van der Waals surface area contributed by atoms with Crippen LogP contribution in [0.1, 0.15) is 0 Å². The van der Waals surface area contributed by atoms with E-state index in [2.05, 4.69) is 94.9 Å². The lowest BCUT2D eigenvalue weighted by molar-refractivity contribution is 1.33. The van der Waals surface area contributed by atoms with Crippen molar-refractivity contribution in [2.24, 2.45) is 0 Å². The van der Waals surface area contributed by atoms with Crippen LogP contribution in [0.2, 0.25) is 0 Å². The smallest absolute Gasteiger partial charge is 0.0708 e. The van der Waals surface area contributed by atoms with Crippen molar-refractivity contribution in [3.63, 3.8) is 0 Å². The molecule has 0 aliphatic rings. The van der Waals surface area contributed by atoms with E-state index in [0.717, 1.165) is 22.5 Å². The molecule has 2 heteroatoms. The molecule has 0 radical (unpaired) electrons. The van der Waals surface area contributed by atoms with Crippen LogP contribution in [0.3, 0.4) is 0 Å². The lowest BCUT2D eigenvalue weighted by Gasteiger charge is -2.15. The van der Waals surface area contributed by atoms with Gasteiger partial charge < -0.3 is 0 Å². The lowest BCUT2D eigenvalue weighted by atomic mass is 9.89. The van der Waals surface area contributed by atoms with Crippen molar-refractivity contribution in [3.8, 4) is 33.6 Å². The predicted molar refractivity (Wildman–Crippen MR) is 133 cm³/mol. The van der Waals surface area contributed by atoms with Gasteiger partial charge >= 0.3 is 0 Å². The Balaban J connectivity index is 1.62. The Morgan fingerprint density at radius 3 is 1.03 bits per heavy atom. The van der Waals surface area contributed by atoms with Crippen LogP contribution < -0.4 is 0 Å². The largest absolute Gasteiger partial charge is 0.256 e. The van der Waals surface area contributed by atoms with Crippen LogP contribution in [0.5, 0.6) is 0 Å². The molecule has 32 heavy (non-hydrogen) atoms. The Kier molecular flexibility index (Phi) is 4.47. The van der Waals surface area contributed by atoms with Gasteiger partial charge in [-0.1, -0.05) is 84.9 Å². The average Bonchev–Trinajstić information content (AvgIpc) is 2.88. The minimum absolute atomic E-state index is 0.991. The quantitative estimate of drug-likeness (QED) is 0.299. The van der Waals surface area contributed by atoms with Gasteiger partial charge in [-0.25, -0.2) is 0 Å². The van der Waals surface area contributed by atoms with Crippen LogP contribution in [0.15, 0.2) is 122 Å². The normalized spacial score (nSPS) is 11.1. The average molecular weight is 409 g/mol. The molecule has 2 heterocycles. The summed E-state index contributed by atoms with van der Waals surface area (Å²) in [6.45, 7) is 0. The first-order valence-electron chi connectivity index (χ1n) is 10.8. The molecule has 0 aliphatic heterocycles. The van der Waals surface area contributed by atoms with Gasteiger partial charge in [0, 0.05) is 23.5 Å². The standard InChI is InChI=1S/C30H20N2/c1-3-11-23-21(9-1)25(15-17-27(23)29-13-5-7-19-31-29)26-16-18-28(30-14-6-8-20-32-30)24-12-4-2-10-22(24)26/h1-20H. The number of fused-ring (bicyclic) bond motifs is 2. The third-order valence-electron chi connectivity index (χ3n) is 6.02. The van der Waals surface area contributed by atoms with E-state index in [0.29, 0.717) is 0 Å². The van der Waals surface area contributed by atoms with E-state index >= 15 is 0 Å². The zero-order chi connectivity index (χ0) is 21.3. The third kappa shape index (κ3) is 3.05. The van der Waals surface area contributed by atoms with Gasteiger partial charge in [-0.15, -0.1) is 0 Å². The van der Waals surface area contributed by atoms with Gasteiger partial charge in [0.2, 0.25) is 0 Å². The highest BCUT2D eigenvalue weighted by atomic mass is 14.7. The van der Waals surface area contributed by atoms with Crippen molar-refractivity contribution in [2.75, 3.05) is 0 Å². The molecule has 2 nitrogen and oxygen atoms in total. The summed E-state index contributed by atoms with van der Waals surface area (Å²) in [6.07, 6.45) is 3.70. The molecule has 150 valence electrons.